The number of hydrogen-bond acceptors (Lipinski definition) is 4. The van der Waals surface area contributed by atoms with E-state index < -0.39 is 23.5 Å². The van der Waals surface area contributed by atoms with E-state index in [2.05, 4.69) is 9.47 Å². The van der Waals surface area contributed by atoms with Crippen LogP contribution in [0, 0.1) is 0 Å². The maximum atomic E-state index is 12.5. The van der Waals surface area contributed by atoms with E-state index in [9.17, 15) is 18.4 Å². The third-order valence-electron chi connectivity index (χ3n) is 2.14. The fourth-order valence-corrected chi connectivity index (χ4v) is 1.22. The Hall–Kier alpha value is -1.20. The van der Waals surface area contributed by atoms with Gasteiger partial charge in [-0.1, -0.05) is 0 Å². The van der Waals surface area contributed by atoms with Gasteiger partial charge in [-0.25, -0.2) is 9.59 Å². The van der Waals surface area contributed by atoms with Crippen molar-refractivity contribution in [1.29, 1.82) is 0 Å². The fraction of sp³-hybridized carbons (Fsp3) is 0.778. The second kappa shape index (κ2) is 3.75. The highest BCUT2D eigenvalue weighted by Gasteiger charge is 2.46. The number of ether oxygens (including phenoxy) is 2. The van der Waals surface area contributed by atoms with Crippen LogP contribution < -0.4 is 0 Å². The molecule has 15 heavy (non-hydrogen) atoms. The molecule has 0 aromatic carbocycles. The van der Waals surface area contributed by atoms with Crippen LogP contribution in [0.2, 0.25) is 0 Å². The van der Waals surface area contributed by atoms with Gasteiger partial charge in [-0.3, -0.25) is 0 Å². The van der Waals surface area contributed by atoms with Crippen LogP contribution in [0.3, 0.4) is 0 Å². The van der Waals surface area contributed by atoms with Crippen LogP contribution in [0.25, 0.3) is 0 Å². The molecule has 86 valence electrons. The van der Waals surface area contributed by atoms with Crippen molar-refractivity contribution < 1.29 is 27.8 Å². The highest BCUT2D eigenvalue weighted by Crippen LogP contribution is 2.27. The number of carbonyl (C=O) groups is 2. The smallest absolute Gasteiger partial charge is 0.377 e. The van der Waals surface area contributed by atoms with Crippen LogP contribution in [0.5, 0.6) is 0 Å². The summed E-state index contributed by atoms with van der Waals surface area (Å²) in [6.45, 7) is 1.93. The Kier molecular flexibility index (Phi) is 2.97. The lowest BCUT2D eigenvalue weighted by Crippen LogP contribution is -2.47. The summed E-state index contributed by atoms with van der Waals surface area (Å²) in [5.74, 6) is -6.07. The van der Waals surface area contributed by atoms with E-state index in [1.165, 1.54) is 6.92 Å². The first kappa shape index (κ1) is 11.9. The third-order valence-corrected chi connectivity index (χ3v) is 2.14. The molecule has 0 aliphatic carbocycles. The van der Waals surface area contributed by atoms with Gasteiger partial charge in [0.2, 0.25) is 5.60 Å². The molecule has 1 aliphatic heterocycles. The molecule has 0 amide bonds. The zero-order chi connectivity index (χ0) is 11.7. The first-order chi connectivity index (χ1) is 6.76. The predicted octanol–water partition coefficient (Wildman–Crippen LogP) is 1.28. The normalized spacial score (nSPS) is 27.1. The largest absolute Gasteiger partial charge is 0.463 e. The average Bonchev–Trinajstić information content (AvgIpc) is 2.09. The summed E-state index contributed by atoms with van der Waals surface area (Å²) in [5, 5.41) is 0. The van der Waals surface area contributed by atoms with Gasteiger partial charge in [0.15, 0.2) is 0 Å². The SMILES string of the molecule is CC(F)(F)C(=O)OC1(C)CCCOC1=O. The van der Waals surface area contributed by atoms with Gasteiger partial charge >= 0.3 is 17.9 Å². The van der Waals surface area contributed by atoms with Gasteiger partial charge in [-0.05, 0) is 13.3 Å². The Balaban J connectivity index is 2.71. The topological polar surface area (TPSA) is 52.6 Å². The summed E-state index contributed by atoms with van der Waals surface area (Å²) in [7, 11) is 0. The highest BCUT2D eigenvalue weighted by atomic mass is 19.3. The first-order valence-electron chi connectivity index (χ1n) is 4.54. The molecule has 0 aromatic rings. The number of carbonyl (C=O) groups excluding carboxylic acids is 2. The molecule has 0 spiro atoms. The van der Waals surface area contributed by atoms with Crippen molar-refractivity contribution >= 4 is 11.9 Å². The average molecular weight is 222 g/mol. The number of cyclic esters (lactones) is 1. The first-order valence-corrected chi connectivity index (χ1v) is 4.54. The summed E-state index contributed by atoms with van der Waals surface area (Å²) in [6.07, 6.45) is 0.693. The van der Waals surface area contributed by atoms with Gasteiger partial charge < -0.3 is 9.47 Å². The van der Waals surface area contributed by atoms with Crippen molar-refractivity contribution in [3.8, 4) is 0 Å². The Labute approximate surface area is 85.5 Å². The van der Waals surface area contributed by atoms with Crippen molar-refractivity contribution in [2.24, 2.45) is 0 Å². The minimum Gasteiger partial charge on any atom is -0.463 e. The standard InChI is InChI=1S/C9H12F2O4/c1-8(4-3-5-14-6(8)12)15-7(13)9(2,10)11/h3-5H2,1-2H3. The van der Waals surface area contributed by atoms with E-state index in [0.717, 1.165) is 0 Å². The third kappa shape index (κ3) is 2.64. The van der Waals surface area contributed by atoms with Gasteiger partial charge in [0.05, 0.1) is 6.61 Å². The summed E-state index contributed by atoms with van der Waals surface area (Å²) in [6, 6.07) is 0. The Morgan fingerprint density at radius 2 is 2.20 bits per heavy atom. The quantitative estimate of drug-likeness (QED) is 0.660. The zero-order valence-electron chi connectivity index (χ0n) is 8.51. The predicted molar refractivity (Wildman–Crippen MR) is 45.3 cm³/mol. The maximum absolute atomic E-state index is 12.5. The van der Waals surface area contributed by atoms with E-state index >= 15 is 0 Å². The van der Waals surface area contributed by atoms with E-state index in [4.69, 9.17) is 0 Å². The van der Waals surface area contributed by atoms with E-state index in [1.807, 2.05) is 0 Å². The fourth-order valence-electron chi connectivity index (χ4n) is 1.22. The van der Waals surface area contributed by atoms with Crippen LogP contribution in [0.15, 0.2) is 0 Å². The van der Waals surface area contributed by atoms with Crippen molar-refractivity contribution in [2.75, 3.05) is 6.61 Å². The minimum atomic E-state index is -3.60. The van der Waals surface area contributed by atoms with Gasteiger partial charge in [0.25, 0.3) is 0 Å². The summed E-state index contributed by atoms with van der Waals surface area (Å²) >= 11 is 0. The summed E-state index contributed by atoms with van der Waals surface area (Å²) < 4.78 is 34.2. The van der Waals surface area contributed by atoms with Gasteiger partial charge in [0.1, 0.15) is 0 Å². The van der Waals surface area contributed by atoms with Gasteiger partial charge in [-0.15, -0.1) is 0 Å². The Morgan fingerprint density at radius 1 is 1.60 bits per heavy atom. The molecular weight excluding hydrogens is 210 g/mol. The van der Waals surface area contributed by atoms with Crippen molar-refractivity contribution in [3.63, 3.8) is 0 Å². The summed E-state index contributed by atoms with van der Waals surface area (Å²) in [5.41, 5.74) is -1.57. The molecular formula is C9H12F2O4. The van der Waals surface area contributed by atoms with E-state index in [0.29, 0.717) is 13.3 Å². The minimum absolute atomic E-state index is 0.202. The van der Waals surface area contributed by atoms with Crippen molar-refractivity contribution in [2.45, 2.75) is 38.2 Å². The van der Waals surface area contributed by atoms with Crippen LogP contribution in [0.4, 0.5) is 8.78 Å². The lowest BCUT2D eigenvalue weighted by molar-refractivity contribution is -0.201. The van der Waals surface area contributed by atoms with Crippen LogP contribution in [-0.2, 0) is 19.1 Å². The Morgan fingerprint density at radius 3 is 2.67 bits per heavy atom. The van der Waals surface area contributed by atoms with E-state index in [-0.39, 0.29) is 13.0 Å². The molecule has 1 rings (SSSR count). The monoisotopic (exact) mass is 222 g/mol. The molecule has 0 bridgehead atoms. The van der Waals surface area contributed by atoms with Crippen LogP contribution in [0.1, 0.15) is 26.7 Å². The molecule has 0 saturated carbocycles. The lowest BCUT2D eigenvalue weighted by atomic mass is 9.98. The number of hydrogen-bond donors (Lipinski definition) is 0. The molecule has 1 saturated heterocycles. The van der Waals surface area contributed by atoms with E-state index in [1.54, 1.807) is 0 Å². The molecule has 6 heteroatoms. The second-order valence-electron chi connectivity index (χ2n) is 3.75. The number of halogens is 2. The molecule has 1 aliphatic rings. The Bertz CT molecular complexity index is 284. The van der Waals surface area contributed by atoms with Crippen LogP contribution in [-0.4, -0.2) is 30.1 Å². The molecule has 0 radical (unpaired) electrons. The maximum Gasteiger partial charge on any atom is 0.377 e. The number of rotatable bonds is 2. The van der Waals surface area contributed by atoms with Gasteiger partial charge in [0, 0.05) is 13.3 Å². The number of alkyl halides is 2. The van der Waals surface area contributed by atoms with Crippen LogP contribution >= 0.6 is 0 Å². The van der Waals surface area contributed by atoms with Crippen molar-refractivity contribution in [3.05, 3.63) is 0 Å². The van der Waals surface area contributed by atoms with Gasteiger partial charge in [-0.2, -0.15) is 8.78 Å². The molecule has 1 fully saturated rings. The van der Waals surface area contributed by atoms with Crippen molar-refractivity contribution in [1.82, 2.24) is 0 Å². The molecule has 0 N–H and O–H groups in total. The molecule has 1 atom stereocenters. The molecule has 1 unspecified atom stereocenters. The lowest BCUT2D eigenvalue weighted by Gasteiger charge is -2.31. The molecule has 1 heterocycles. The summed E-state index contributed by atoms with van der Waals surface area (Å²) in [4.78, 5) is 22.1. The molecule has 0 aromatic heterocycles. The number of esters is 2. The second-order valence-corrected chi connectivity index (χ2v) is 3.75. The highest BCUT2D eigenvalue weighted by molar-refractivity contribution is 5.85. The molecule has 4 nitrogen and oxygen atoms in total. The zero-order valence-corrected chi connectivity index (χ0v) is 8.51.